The molecular weight excluding hydrogens is 218 g/mol. The van der Waals surface area contributed by atoms with E-state index in [4.69, 9.17) is 4.74 Å². The summed E-state index contributed by atoms with van der Waals surface area (Å²) in [5.74, 6) is 0.116. The van der Waals surface area contributed by atoms with Gasteiger partial charge in [0, 0.05) is 38.2 Å². The molecule has 3 aliphatic rings. The van der Waals surface area contributed by atoms with Gasteiger partial charge >= 0.3 is 5.97 Å². The van der Waals surface area contributed by atoms with Gasteiger partial charge in [0.2, 0.25) is 0 Å². The predicted molar refractivity (Wildman–Crippen MR) is 63.4 cm³/mol. The molecule has 0 aromatic carbocycles. The lowest BCUT2D eigenvalue weighted by Crippen LogP contribution is -2.27. The maximum Gasteiger partial charge on any atom is 0.365 e. The average molecular weight is 235 g/mol. The molecule has 1 unspecified atom stereocenters. The van der Waals surface area contributed by atoms with Gasteiger partial charge in [0.1, 0.15) is 0 Å². The van der Waals surface area contributed by atoms with Crippen molar-refractivity contribution in [2.45, 2.75) is 19.8 Å². The van der Waals surface area contributed by atoms with E-state index in [2.05, 4.69) is 15.2 Å². The minimum absolute atomic E-state index is 0.326. The first-order valence-electron chi connectivity index (χ1n) is 6.11. The number of rotatable bonds is 1. The van der Waals surface area contributed by atoms with Gasteiger partial charge in [-0.15, -0.1) is 0 Å². The second kappa shape index (κ2) is 3.84. The SMILES string of the molecule is CC1=N/C(=C\N2CCC3(CCNC3)C2)C(=O)O1. The number of carbonyl (C=O) groups is 1. The summed E-state index contributed by atoms with van der Waals surface area (Å²) in [5.41, 5.74) is 0.851. The lowest BCUT2D eigenvalue weighted by atomic mass is 9.87. The van der Waals surface area contributed by atoms with Crippen LogP contribution in [0.2, 0.25) is 0 Å². The molecule has 0 bridgehead atoms. The number of likely N-dealkylation sites (tertiary alicyclic amines) is 1. The van der Waals surface area contributed by atoms with Crippen molar-refractivity contribution in [3.63, 3.8) is 0 Å². The third-order valence-electron chi connectivity index (χ3n) is 3.83. The number of cyclic esters (lactones) is 1. The van der Waals surface area contributed by atoms with Crippen molar-refractivity contribution >= 4 is 11.9 Å². The Kier molecular flexibility index (Phi) is 2.43. The van der Waals surface area contributed by atoms with E-state index in [1.54, 1.807) is 6.92 Å². The Morgan fingerprint density at radius 1 is 1.53 bits per heavy atom. The van der Waals surface area contributed by atoms with Gasteiger partial charge in [-0.2, -0.15) is 0 Å². The molecule has 5 heteroatoms. The number of carbonyl (C=O) groups excluding carboxylic acids is 1. The topological polar surface area (TPSA) is 53.9 Å². The van der Waals surface area contributed by atoms with Crippen molar-refractivity contribution in [1.82, 2.24) is 10.2 Å². The van der Waals surface area contributed by atoms with Crippen LogP contribution < -0.4 is 5.32 Å². The van der Waals surface area contributed by atoms with Crippen molar-refractivity contribution < 1.29 is 9.53 Å². The molecule has 3 rings (SSSR count). The third kappa shape index (κ3) is 1.95. The molecule has 0 radical (unpaired) electrons. The van der Waals surface area contributed by atoms with Crippen molar-refractivity contribution in [1.29, 1.82) is 0 Å². The van der Waals surface area contributed by atoms with Crippen LogP contribution in [-0.2, 0) is 9.53 Å². The Balaban J connectivity index is 1.71. The molecule has 2 fully saturated rings. The molecule has 1 N–H and O–H groups in total. The Morgan fingerprint density at radius 2 is 2.41 bits per heavy atom. The molecule has 3 aliphatic heterocycles. The van der Waals surface area contributed by atoms with Crippen LogP contribution in [0.5, 0.6) is 0 Å². The highest BCUT2D eigenvalue weighted by molar-refractivity contribution is 6.03. The number of hydrogen-bond donors (Lipinski definition) is 1. The van der Waals surface area contributed by atoms with Gasteiger partial charge in [0.05, 0.1) is 0 Å². The van der Waals surface area contributed by atoms with Crippen LogP contribution in [0.1, 0.15) is 19.8 Å². The zero-order valence-electron chi connectivity index (χ0n) is 10.0. The molecule has 0 saturated carbocycles. The van der Waals surface area contributed by atoms with Gasteiger partial charge in [-0.1, -0.05) is 0 Å². The Labute approximate surface area is 101 Å². The molecule has 0 aromatic rings. The Hall–Kier alpha value is -1.36. The second-order valence-electron chi connectivity index (χ2n) is 5.18. The van der Waals surface area contributed by atoms with E-state index in [1.165, 1.54) is 12.8 Å². The average Bonchev–Trinajstić information content (AvgIpc) is 2.95. The van der Waals surface area contributed by atoms with Gasteiger partial charge < -0.3 is 15.0 Å². The fraction of sp³-hybridized carbons (Fsp3) is 0.667. The quantitative estimate of drug-likeness (QED) is 0.531. The largest absolute Gasteiger partial charge is 0.407 e. The number of ether oxygens (including phenoxy) is 1. The highest BCUT2D eigenvalue weighted by atomic mass is 16.6. The lowest BCUT2D eigenvalue weighted by Gasteiger charge is -2.21. The minimum atomic E-state index is -0.326. The number of nitrogens with zero attached hydrogens (tertiary/aromatic N) is 2. The summed E-state index contributed by atoms with van der Waals surface area (Å²) < 4.78 is 4.90. The van der Waals surface area contributed by atoms with Crippen molar-refractivity contribution in [3.05, 3.63) is 11.9 Å². The van der Waals surface area contributed by atoms with Crippen LogP contribution in [0, 0.1) is 5.41 Å². The summed E-state index contributed by atoms with van der Waals surface area (Å²) in [6.45, 7) is 5.94. The molecule has 5 nitrogen and oxygen atoms in total. The van der Waals surface area contributed by atoms with E-state index in [1.807, 2.05) is 6.20 Å². The zero-order valence-corrected chi connectivity index (χ0v) is 10.0. The van der Waals surface area contributed by atoms with E-state index in [0.29, 0.717) is 17.0 Å². The number of esters is 1. The first-order valence-corrected chi connectivity index (χ1v) is 6.11. The molecule has 92 valence electrons. The first kappa shape index (κ1) is 10.8. The lowest BCUT2D eigenvalue weighted by molar-refractivity contribution is -0.130. The summed E-state index contributed by atoms with van der Waals surface area (Å²) in [7, 11) is 0. The van der Waals surface area contributed by atoms with Crippen LogP contribution in [0.4, 0.5) is 0 Å². The van der Waals surface area contributed by atoms with Gasteiger partial charge in [0.15, 0.2) is 11.6 Å². The van der Waals surface area contributed by atoms with Crippen LogP contribution in [-0.4, -0.2) is 42.9 Å². The Bertz CT molecular complexity index is 408. The third-order valence-corrected chi connectivity index (χ3v) is 3.83. The molecule has 2 saturated heterocycles. The van der Waals surface area contributed by atoms with E-state index in [-0.39, 0.29) is 5.97 Å². The molecule has 0 aromatic heterocycles. The van der Waals surface area contributed by atoms with Crippen molar-refractivity contribution in [2.24, 2.45) is 10.4 Å². The van der Waals surface area contributed by atoms with Crippen molar-refractivity contribution in [3.8, 4) is 0 Å². The van der Waals surface area contributed by atoms with Gasteiger partial charge in [-0.3, -0.25) is 0 Å². The number of nitrogens with one attached hydrogen (secondary N) is 1. The molecule has 0 amide bonds. The van der Waals surface area contributed by atoms with Gasteiger partial charge in [-0.25, -0.2) is 9.79 Å². The standard InChI is InChI=1S/C12H17N3O2/c1-9-14-10(11(16)17-9)6-15-5-3-12(8-15)2-4-13-7-12/h6,13H,2-5,7-8H2,1H3/b10-6-. The highest BCUT2D eigenvalue weighted by Gasteiger charge is 2.39. The molecule has 1 atom stereocenters. The van der Waals surface area contributed by atoms with Crippen LogP contribution >= 0.6 is 0 Å². The normalized spacial score (nSPS) is 34.9. The fourth-order valence-electron chi connectivity index (χ4n) is 2.90. The minimum Gasteiger partial charge on any atom is -0.407 e. The summed E-state index contributed by atoms with van der Waals surface area (Å²) in [6.07, 6.45) is 4.28. The molecular formula is C12H17N3O2. The second-order valence-corrected chi connectivity index (χ2v) is 5.18. The van der Waals surface area contributed by atoms with E-state index < -0.39 is 0 Å². The monoisotopic (exact) mass is 235 g/mol. The molecule has 17 heavy (non-hydrogen) atoms. The summed E-state index contributed by atoms with van der Waals surface area (Å²) in [4.78, 5) is 17.7. The Morgan fingerprint density at radius 3 is 3.06 bits per heavy atom. The smallest absolute Gasteiger partial charge is 0.365 e. The maximum atomic E-state index is 11.4. The van der Waals surface area contributed by atoms with Gasteiger partial charge in [0.25, 0.3) is 0 Å². The van der Waals surface area contributed by atoms with Crippen LogP contribution in [0.15, 0.2) is 16.9 Å². The summed E-state index contributed by atoms with van der Waals surface area (Å²) >= 11 is 0. The highest BCUT2D eigenvalue weighted by Crippen LogP contribution is 2.36. The summed E-state index contributed by atoms with van der Waals surface area (Å²) in [5, 5.41) is 3.42. The molecule has 0 aliphatic carbocycles. The van der Waals surface area contributed by atoms with E-state index in [9.17, 15) is 4.79 Å². The zero-order chi connectivity index (χ0) is 11.9. The van der Waals surface area contributed by atoms with Crippen LogP contribution in [0.25, 0.3) is 0 Å². The van der Waals surface area contributed by atoms with E-state index >= 15 is 0 Å². The summed E-state index contributed by atoms with van der Waals surface area (Å²) in [6, 6.07) is 0. The van der Waals surface area contributed by atoms with Crippen molar-refractivity contribution in [2.75, 3.05) is 26.2 Å². The van der Waals surface area contributed by atoms with Gasteiger partial charge in [-0.05, 0) is 19.4 Å². The molecule has 1 spiro atoms. The maximum absolute atomic E-state index is 11.4. The number of aliphatic imine (C=N–C) groups is 1. The predicted octanol–water partition coefficient (Wildman–Crippen LogP) is 0.488. The van der Waals surface area contributed by atoms with E-state index in [0.717, 1.165) is 26.2 Å². The fourth-order valence-corrected chi connectivity index (χ4v) is 2.90. The number of hydrogen-bond acceptors (Lipinski definition) is 5. The molecule has 3 heterocycles. The first-order chi connectivity index (χ1) is 8.17. The van der Waals surface area contributed by atoms with Crippen LogP contribution in [0.3, 0.4) is 0 Å².